The monoisotopic (exact) mass is 302 g/mol. The molecule has 0 bridgehead atoms. The SMILES string of the molecule is Cc1ccccc1SCc1cc(=O)n2c(C)csc2n1. The molecule has 0 aliphatic heterocycles. The topological polar surface area (TPSA) is 34.4 Å². The molecule has 0 saturated heterocycles. The molecule has 1 aromatic carbocycles. The van der Waals surface area contributed by atoms with Crippen LogP contribution in [0, 0.1) is 13.8 Å². The van der Waals surface area contributed by atoms with Crippen molar-refractivity contribution in [2.75, 3.05) is 0 Å². The van der Waals surface area contributed by atoms with Gasteiger partial charge in [-0.1, -0.05) is 18.2 Å². The predicted octanol–water partition coefficient (Wildman–Crippen LogP) is 3.67. The molecular formula is C15H14N2OS2. The highest BCUT2D eigenvalue weighted by molar-refractivity contribution is 7.98. The van der Waals surface area contributed by atoms with E-state index in [9.17, 15) is 4.79 Å². The second-order valence-corrected chi connectivity index (χ2v) is 6.49. The molecule has 2 heterocycles. The normalized spacial score (nSPS) is 11.1. The van der Waals surface area contributed by atoms with Crippen molar-refractivity contribution in [3.63, 3.8) is 0 Å². The average Bonchev–Trinajstić information content (AvgIpc) is 2.80. The molecule has 0 unspecified atom stereocenters. The number of aromatic nitrogens is 2. The predicted molar refractivity (Wildman–Crippen MR) is 84.8 cm³/mol. The summed E-state index contributed by atoms with van der Waals surface area (Å²) in [5.74, 6) is 0.716. The van der Waals surface area contributed by atoms with Crippen LogP contribution in [0.3, 0.4) is 0 Å². The molecule has 0 radical (unpaired) electrons. The van der Waals surface area contributed by atoms with Crippen molar-refractivity contribution in [3.8, 4) is 0 Å². The fourth-order valence-corrected chi connectivity index (χ4v) is 3.86. The molecule has 0 aliphatic carbocycles. The molecule has 3 aromatic rings. The van der Waals surface area contributed by atoms with E-state index in [1.54, 1.807) is 22.2 Å². The summed E-state index contributed by atoms with van der Waals surface area (Å²) in [7, 11) is 0. The molecule has 0 amide bonds. The van der Waals surface area contributed by atoms with E-state index in [1.165, 1.54) is 21.8 Å². The van der Waals surface area contributed by atoms with Gasteiger partial charge in [0.2, 0.25) is 0 Å². The maximum Gasteiger partial charge on any atom is 0.258 e. The summed E-state index contributed by atoms with van der Waals surface area (Å²) in [5, 5.41) is 1.96. The second-order valence-electron chi connectivity index (χ2n) is 4.63. The Kier molecular flexibility index (Phi) is 3.63. The highest BCUT2D eigenvalue weighted by Crippen LogP contribution is 2.25. The lowest BCUT2D eigenvalue weighted by Crippen LogP contribution is -2.14. The van der Waals surface area contributed by atoms with Gasteiger partial charge in [-0.15, -0.1) is 23.1 Å². The van der Waals surface area contributed by atoms with Crippen LogP contribution in [-0.4, -0.2) is 9.38 Å². The molecule has 3 nitrogen and oxygen atoms in total. The van der Waals surface area contributed by atoms with Crippen molar-refractivity contribution in [2.45, 2.75) is 24.5 Å². The van der Waals surface area contributed by atoms with Gasteiger partial charge in [0.15, 0.2) is 4.96 Å². The minimum absolute atomic E-state index is 0.00846. The number of aryl methyl sites for hydroxylation is 2. The van der Waals surface area contributed by atoms with Gasteiger partial charge in [0, 0.05) is 27.8 Å². The summed E-state index contributed by atoms with van der Waals surface area (Å²) in [6, 6.07) is 9.89. The van der Waals surface area contributed by atoms with Gasteiger partial charge in [0.1, 0.15) is 0 Å². The molecule has 0 N–H and O–H groups in total. The van der Waals surface area contributed by atoms with E-state index in [-0.39, 0.29) is 5.56 Å². The van der Waals surface area contributed by atoms with Gasteiger partial charge in [-0.25, -0.2) is 4.98 Å². The first kappa shape index (κ1) is 13.4. The summed E-state index contributed by atoms with van der Waals surface area (Å²) < 4.78 is 1.66. The third kappa shape index (κ3) is 2.51. The van der Waals surface area contributed by atoms with Gasteiger partial charge in [-0.2, -0.15) is 0 Å². The lowest BCUT2D eigenvalue weighted by atomic mass is 10.2. The molecule has 2 aromatic heterocycles. The van der Waals surface area contributed by atoms with Crippen LogP contribution in [0.25, 0.3) is 4.96 Å². The first-order chi connectivity index (χ1) is 9.65. The largest absolute Gasteiger partial charge is 0.269 e. The Morgan fingerprint density at radius 1 is 1.30 bits per heavy atom. The Balaban J connectivity index is 1.89. The number of thiazole rings is 1. The Bertz CT molecular complexity index is 820. The number of nitrogens with zero attached hydrogens (tertiary/aromatic N) is 2. The summed E-state index contributed by atoms with van der Waals surface area (Å²) in [6.07, 6.45) is 0. The minimum Gasteiger partial charge on any atom is -0.269 e. The van der Waals surface area contributed by atoms with Crippen molar-refractivity contribution in [1.29, 1.82) is 0 Å². The lowest BCUT2D eigenvalue weighted by molar-refractivity contribution is 0.997. The van der Waals surface area contributed by atoms with E-state index in [0.29, 0.717) is 5.75 Å². The number of thioether (sulfide) groups is 1. The molecule has 0 saturated carbocycles. The van der Waals surface area contributed by atoms with Crippen LogP contribution >= 0.6 is 23.1 Å². The zero-order valence-corrected chi connectivity index (χ0v) is 12.9. The van der Waals surface area contributed by atoms with E-state index < -0.39 is 0 Å². The second kappa shape index (κ2) is 5.42. The number of hydrogen-bond donors (Lipinski definition) is 0. The van der Waals surface area contributed by atoms with Crippen LogP contribution in [0.5, 0.6) is 0 Å². The Labute approximate surface area is 125 Å². The van der Waals surface area contributed by atoms with Crippen LogP contribution < -0.4 is 5.56 Å². The van der Waals surface area contributed by atoms with E-state index in [1.807, 2.05) is 24.4 Å². The molecular weight excluding hydrogens is 288 g/mol. The van der Waals surface area contributed by atoms with Gasteiger partial charge in [0.05, 0.1) is 5.69 Å². The first-order valence-corrected chi connectivity index (χ1v) is 8.17. The van der Waals surface area contributed by atoms with E-state index in [0.717, 1.165) is 16.3 Å². The molecule has 0 aliphatic rings. The zero-order valence-electron chi connectivity index (χ0n) is 11.3. The maximum atomic E-state index is 12.1. The van der Waals surface area contributed by atoms with Crippen molar-refractivity contribution >= 4 is 28.1 Å². The van der Waals surface area contributed by atoms with Crippen LogP contribution in [0.1, 0.15) is 17.0 Å². The fraction of sp³-hybridized carbons (Fsp3) is 0.200. The third-order valence-electron chi connectivity index (χ3n) is 3.10. The van der Waals surface area contributed by atoms with Crippen molar-refractivity contribution in [1.82, 2.24) is 9.38 Å². The Morgan fingerprint density at radius 3 is 2.90 bits per heavy atom. The van der Waals surface area contributed by atoms with Crippen LogP contribution in [-0.2, 0) is 5.75 Å². The van der Waals surface area contributed by atoms with E-state index in [4.69, 9.17) is 0 Å². The van der Waals surface area contributed by atoms with Crippen molar-refractivity contribution in [2.24, 2.45) is 0 Å². The van der Waals surface area contributed by atoms with E-state index >= 15 is 0 Å². The molecule has 20 heavy (non-hydrogen) atoms. The Hall–Kier alpha value is -1.59. The fourth-order valence-electron chi connectivity index (χ4n) is 2.04. The van der Waals surface area contributed by atoms with Gasteiger partial charge >= 0.3 is 0 Å². The summed E-state index contributed by atoms with van der Waals surface area (Å²) in [4.78, 5) is 18.6. The number of rotatable bonds is 3. The molecule has 0 spiro atoms. The highest BCUT2D eigenvalue weighted by atomic mass is 32.2. The van der Waals surface area contributed by atoms with Gasteiger partial charge in [-0.05, 0) is 25.5 Å². The van der Waals surface area contributed by atoms with Gasteiger partial charge < -0.3 is 0 Å². The molecule has 3 rings (SSSR count). The third-order valence-corrected chi connectivity index (χ3v) is 5.25. The van der Waals surface area contributed by atoms with Crippen LogP contribution in [0.4, 0.5) is 0 Å². The molecule has 5 heteroatoms. The summed E-state index contributed by atoms with van der Waals surface area (Å²) >= 11 is 3.23. The smallest absolute Gasteiger partial charge is 0.258 e. The van der Waals surface area contributed by atoms with Gasteiger partial charge in [0.25, 0.3) is 5.56 Å². The van der Waals surface area contributed by atoms with E-state index in [2.05, 4.69) is 24.0 Å². The lowest BCUT2D eigenvalue weighted by Gasteiger charge is -2.05. The number of benzene rings is 1. The molecule has 0 fully saturated rings. The quantitative estimate of drug-likeness (QED) is 0.692. The zero-order chi connectivity index (χ0) is 14.1. The summed E-state index contributed by atoms with van der Waals surface area (Å²) in [5.41, 5.74) is 3.04. The number of fused-ring (bicyclic) bond motifs is 1. The van der Waals surface area contributed by atoms with Crippen molar-refractivity contribution < 1.29 is 0 Å². The van der Waals surface area contributed by atoms with Gasteiger partial charge in [-0.3, -0.25) is 9.20 Å². The highest BCUT2D eigenvalue weighted by Gasteiger charge is 2.07. The first-order valence-electron chi connectivity index (χ1n) is 6.30. The van der Waals surface area contributed by atoms with Crippen molar-refractivity contribution in [3.05, 3.63) is 63.0 Å². The molecule has 0 atom stereocenters. The number of hydrogen-bond acceptors (Lipinski definition) is 4. The summed E-state index contributed by atoms with van der Waals surface area (Å²) in [6.45, 7) is 4.02. The Morgan fingerprint density at radius 2 is 2.10 bits per heavy atom. The minimum atomic E-state index is 0.00846. The average molecular weight is 302 g/mol. The van der Waals surface area contributed by atoms with Crippen LogP contribution in [0.15, 0.2) is 45.4 Å². The van der Waals surface area contributed by atoms with Crippen LogP contribution in [0.2, 0.25) is 0 Å². The maximum absolute atomic E-state index is 12.1. The standard InChI is InChI=1S/C15H14N2OS2/c1-10-5-3-4-6-13(10)19-9-12-7-14(18)17-11(2)8-20-15(17)16-12/h3-8H,9H2,1-2H3. The molecule has 102 valence electrons.